The molecule has 1 rings (SSSR count). The van der Waals surface area contributed by atoms with Gasteiger partial charge in [0.15, 0.2) is 0 Å². The van der Waals surface area contributed by atoms with E-state index in [1.54, 1.807) is 0 Å². The molecule has 2 atom stereocenters. The van der Waals surface area contributed by atoms with Gasteiger partial charge in [-0.2, -0.15) is 5.26 Å². The highest BCUT2D eigenvalue weighted by Gasteiger charge is 2.32. The molecule has 0 amide bonds. The maximum Gasteiger partial charge on any atom is 0.106 e. The molecule has 1 aliphatic carbocycles. The third kappa shape index (κ3) is 3.49. The SMILES string of the molecule is CCC(C)C(C)(C#N)NC1CCCCCC1. The zero-order valence-electron chi connectivity index (χ0n) is 11.1. The average Bonchev–Trinajstić information content (AvgIpc) is 2.56. The highest BCUT2D eigenvalue weighted by Crippen LogP contribution is 2.24. The van der Waals surface area contributed by atoms with E-state index in [0.717, 1.165) is 6.42 Å². The molecule has 0 spiro atoms. The van der Waals surface area contributed by atoms with Gasteiger partial charge < -0.3 is 0 Å². The number of rotatable bonds is 4. The molecule has 1 N–H and O–H groups in total. The van der Waals surface area contributed by atoms with Gasteiger partial charge in [0.05, 0.1) is 6.07 Å². The van der Waals surface area contributed by atoms with Crippen molar-refractivity contribution in [1.82, 2.24) is 5.32 Å². The Labute approximate surface area is 100 Å². The Morgan fingerprint density at radius 1 is 1.31 bits per heavy atom. The predicted octanol–water partition coefficient (Wildman–Crippen LogP) is 3.63. The molecule has 2 nitrogen and oxygen atoms in total. The molecular formula is C14H26N2. The number of nitrogens with one attached hydrogen (secondary N) is 1. The Morgan fingerprint density at radius 3 is 2.31 bits per heavy atom. The lowest BCUT2D eigenvalue weighted by atomic mass is 9.85. The van der Waals surface area contributed by atoms with Crippen LogP contribution in [-0.4, -0.2) is 11.6 Å². The fourth-order valence-corrected chi connectivity index (χ4v) is 2.54. The van der Waals surface area contributed by atoms with Gasteiger partial charge in [-0.3, -0.25) is 5.32 Å². The molecule has 0 aromatic carbocycles. The first kappa shape index (κ1) is 13.5. The summed E-state index contributed by atoms with van der Waals surface area (Å²) in [5.74, 6) is 0.417. The Kier molecular flexibility index (Phi) is 5.28. The minimum Gasteiger partial charge on any atom is -0.297 e. The van der Waals surface area contributed by atoms with Crippen molar-refractivity contribution in [3.05, 3.63) is 0 Å². The third-order valence-electron chi connectivity index (χ3n) is 4.19. The van der Waals surface area contributed by atoms with E-state index in [1.165, 1.54) is 38.5 Å². The highest BCUT2D eigenvalue weighted by molar-refractivity contribution is 5.07. The van der Waals surface area contributed by atoms with Gasteiger partial charge in [-0.15, -0.1) is 0 Å². The van der Waals surface area contributed by atoms with E-state index in [-0.39, 0.29) is 5.54 Å². The van der Waals surface area contributed by atoms with Gasteiger partial charge in [0.25, 0.3) is 0 Å². The molecule has 0 radical (unpaired) electrons. The molecule has 0 aromatic heterocycles. The quantitative estimate of drug-likeness (QED) is 0.737. The zero-order chi connectivity index (χ0) is 12.0. The lowest BCUT2D eigenvalue weighted by Crippen LogP contribution is -2.51. The van der Waals surface area contributed by atoms with E-state index in [2.05, 4.69) is 32.2 Å². The minimum absolute atomic E-state index is 0.343. The van der Waals surface area contributed by atoms with Crippen molar-refractivity contribution < 1.29 is 0 Å². The van der Waals surface area contributed by atoms with Gasteiger partial charge in [-0.1, -0.05) is 46.0 Å². The molecule has 2 heteroatoms. The van der Waals surface area contributed by atoms with Crippen LogP contribution in [-0.2, 0) is 0 Å². The van der Waals surface area contributed by atoms with E-state index in [0.29, 0.717) is 12.0 Å². The summed E-state index contributed by atoms with van der Waals surface area (Å²) in [6.07, 6.45) is 8.92. The van der Waals surface area contributed by atoms with Crippen LogP contribution < -0.4 is 5.32 Å². The van der Waals surface area contributed by atoms with E-state index in [9.17, 15) is 5.26 Å². The molecule has 2 unspecified atom stereocenters. The Balaban J connectivity index is 2.57. The molecule has 0 saturated heterocycles. The highest BCUT2D eigenvalue weighted by atomic mass is 15.0. The van der Waals surface area contributed by atoms with Crippen LogP contribution in [0.4, 0.5) is 0 Å². The van der Waals surface area contributed by atoms with Crippen LogP contribution in [0.25, 0.3) is 0 Å². The van der Waals surface area contributed by atoms with Gasteiger partial charge in [0.2, 0.25) is 0 Å². The van der Waals surface area contributed by atoms with Crippen LogP contribution in [0.1, 0.15) is 65.7 Å². The summed E-state index contributed by atoms with van der Waals surface area (Å²) in [7, 11) is 0. The van der Waals surface area contributed by atoms with Gasteiger partial charge >= 0.3 is 0 Å². The smallest absolute Gasteiger partial charge is 0.106 e. The van der Waals surface area contributed by atoms with Gasteiger partial charge in [-0.25, -0.2) is 0 Å². The second-order valence-corrected chi connectivity index (χ2v) is 5.46. The molecular weight excluding hydrogens is 196 g/mol. The van der Waals surface area contributed by atoms with Crippen molar-refractivity contribution in [2.75, 3.05) is 0 Å². The second kappa shape index (κ2) is 6.25. The molecule has 1 fully saturated rings. The van der Waals surface area contributed by atoms with Crippen LogP contribution in [0.15, 0.2) is 0 Å². The van der Waals surface area contributed by atoms with Gasteiger partial charge in [-0.05, 0) is 25.7 Å². The Bertz CT molecular complexity index is 236. The maximum absolute atomic E-state index is 9.38. The normalized spacial score (nSPS) is 24.1. The molecule has 0 bridgehead atoms. The minimum atomic E-state index is -0.343. The van der Waals surface area contributed by atoms with Crippen LogP contribution in [0.3, 0.4) is 0 Å². The lowest BCUT2D eigenvalue weighted by molar-refractivity contribution is 0.263. The summed E-state index contributed by atoms with van der Waals surface area (Å²) < 4.78 is 0. The monoisotopic (exact) mass is 222 g/mol. The van der Waals surface area contributed by atoms with Crippen molar-refractivity contribution in [3.63, 3.8) is 0 Å². The summed E-state index contributed by atoms with van der Waals surface area (Å²) >= 11 is 0. The number of nitriles is 1. The van der Waals surface area contributed by atoms with Crippen LogP contribution >= 0.6 is 0 Å². The topological polar surface area (TPSA) is 35.8 Å². The zero-order valence-corrected chi connectivity index (χ0v) is 11.1. The summed E-state index contributed by atoms with van der Waals surface area (Å²) in [5.41, 5.74) is -0.343. The number of hydrogen-bond acceptors (Lipinski definition) is 2. The average molecular weight is 222 g/mol. The number of nitrogens with zero attached hydrogens (tertiary/aromatic N) is 1. The molecule has 1 saturated carbocycles. The second-order valence-electron chi connectivity index (χ2n) is 5.46. The van der Waals surface area contributed by atoms with Crippen LogP contribution in [0.5, 0.6) is 0 Å². The largest absolute Gasteiger partial charge is 0.297 e. The molecule has 0 aliphatic heterocycles. The Morgan fingerprint density at radius 2 is 1.88 bits per heavy atom. The van der Waals surface area contributed by atoms with E-state index in [4.69, 9.17) is 0 Å². The lowest BCUT2D eigenvalue weighted by Gasteiger charge is -2.33. The van der Waals surface area contributed by atoms with Crippen molar-refractivity contribution in [2.24, 2.45) is 5.92 Å². The first-order valence-electron chi connectivity index (χ1n) is 6.81. The first-order chi connectivity index (χ1) is 7.62. The summed E-state index contributed by atoms with van der Waals surface area (Å²) in [6, 6.07) is 3.04. The number of hydrogen-bond donors (Lipinski definition) is 1. The van der Waals surface area contributed by atoms with Crippen molar-refractivity contribution in [3.8, 4) is 6.07 Å². The van der Waals surface area contributed by atoms with E-state index < -0.39 is 0 Å². The van der Waals surface area contributed by atoms with E-state index >= 15 is 0 Å². The molecule has 1 aliphatic rings. The van der Waals surface area contributed by atoms with Crippen molar-refractivity contribution >= 4 is 0 Å². The molecule has 16 heavy (non-hydrogen) atoms. The summed E-state index contributed by atoms with van der Waals surface area (Å²) in [6.45, 7) is 6.40. The van der Waals surface area contributed by atoms with E-state index in [1.807, 2.05) is 0 Å². The van der Waals surface area contributed by atoms with Crippen molar-refractivity contribution in [2.45, 2.75) is 77.3 Å². The predicted molar refractivity (Wildman–Crippen MR) is 68.1 cm³/mol. The summed E-state index contributed by atoms with van der Waals surface area (Å²) in [5, 5.41) is 13.0. The fraction of sp³-hybridized carbons (Fsp3) is 0.929. The van der Waals surface area contributed by atoms with Crippen molar-refractivity contribution in [1.29, 1.82) is 5.26 Å². The fourth-order valence-electron chi connectivity index (χ4n) is 2.54. The maximum atomic E-state index is 9.38. The first-order valence-corrected chi connectivity index (χ1v) is 6.81. The van der Waals surface area contributed by atoms with Gasteiger partial charge in [0.1, 0.15) is 5.54 Å². The third-order valence-corrected chi connectivity index (χ3v) is 4.19. The molecule has 0 aromatic rings. The Hall–Kier alpha value is -0.550. The molecule has 0 heterocycles. The summed E-state index contributed by atoms with van der Waals surface area (Å²) in [4.78, 5) is 0. The standard InChI is InChI=1S/C14H26N2/c1-4-12(2)14(3,11-15)16-13-9-7-5-6-8-10-13/h12-13,16H,4-10H2,1-3H3. The van der Waals surface area contributed by atoms with Crippen LogP contribution in [0, 0.1) is 17.2 Å². The molecule has 92 valence electrons. The van der Waals surface area contributed by atoms with Gasteiger partial charge in [0, 0.05) is 6.04 Å². The van der Waals surface area contributed by atoms with Crippen LogP contribution in [0.2, 0.25) is 0 Å².